The van der Waals surface area contributed by atoms with Gasteiger partial charge in [0.05, 0.1) is 5.01 Å². The van der Waals surface area contributed by atoms with E-state index in [4.69, 9.17) is 4.74 Å². The van der Waals surface area contributed by atoms with Crippen molar-refractivity contribution in [1.29, 1.82) is 0 Å². The van der Waals surface area contributed by atoms with E-state index in [2.05, 4.69) is 42.6 Å². The highest BCUT2D eigenvalue weighted by Crippen LogP contribution is 2.18. The number of hydrogen-bond donors (Lipinski definition) is 0. The van der Waals surface area contributed by atoms with E-state index in [-0.39, 0.29) is 0 Å². The van der Waals surface area contributed by atoms with Crippen molar-refractivity contribution in [3.63, 3.8) is 0 Å². The molecule has 1 heterocycles. The lowest BCUT2D eigenvalue weighted by Crippen LogP contribution is -1.95. The van der Waals surface area contributed by atoms with E-state index in [1.165, 1.54) is 16.0 Å². The Hall–Kier alpha value is -2.13. The normalized spacial score (nSPS) is 10.6. The van der Waals surface area contributed by atoms with E-state index in [0.717, 1.165) is 17.2 Å². The fraction of sp³-hybridized carbons (Fsp3) is 0.158. The van der Waals surface area contributed by atoms with Crippen LogP contribution in [0, 0.1) is 13.3 Å². The molecule has 0 saturated carbocycles. The van der Waals surface area contributed by atoms with Crippen LogP contribution in [0.5, 0.6) is 5.75 Å². The average molecular weight is 308 g/mol. The average Bonchev–Trinajstić information content (AvgIpc) is 2.98. The molecule has 3 aromatic rings. The number of benzene rings is 2. The molecule has 2 aromatic carbocycles. The van der Waals surface area contributed by atoms with E-state index in [9.17, 15) is 0 Å². The smallest absolute Gasteiger partial charge is 0.119 e. The summed E-state index contributed by atoms with van der Waals surface area (Å²) in [5.74, 6) is 0.901. The molecule has 1 aromatic heterocycles. The zero-order chi connectivity index (χ0) is 15.2. The van der Waals surface area contributed by atoms with Crippen LogP contribution in [0.3, 0.4) is 0 Å². The van der Waals surface area contributed by atoms with E-state index in [1.54, 1.807) is 11.3 Å². The SMILES string of the molecule is Cc1cnc([CH]Cc2ccc(OCc3ccccc3)cc2)s1. The van der Waals surface area contributed by atoms with Crippen molar-refractivity contribution in [2.75, 3.05) is 0 Å². The van der Waals surface area contributed by atoms with Gasteiger partial charge in [-0.3, -0.25) is 0 Å². The van der Waals surface area contributed by atoms with Crippen molar-refractivity contribution < 1.29 is 4.74 Å². The number of rotatable bonds is 6. The molecule has 1 radical (unpaired) electrons. The van der Waals surface area contributed by atoms with Crippen molar-refractivity contribution in [3.8, 4) is 5.75 Å². The molecular weight excluding hydrogens is 290 g/mol. The first-order valence-corrected chi connectivity index (χ1v) is 8.12. The van der Waals surface area contributed by atoms with Gasteiger partial charge in [-0.2, -0.15) is 0 Å². The molecule has 0 atom stereocenters. The molecular formula is C19H18NOS. The standard InChI is InChI=1S/C19H18NOS/c1-15-13-20-19(22-15)12-9-16-7-10-18(11-8-16)21-14-17-5-3-2-4-6-17/h2-8,10-13H,9,14H2,1H3. The predicted molar refractivity (Wildman–Crippen MR) is 91.2 cm³/mol. The van der Waals surface area contributed by atoms with E-state index in [1.807, 2.05) is 36.5 Å². The molecule has 0 unspecified atom stereocenters. The summed E-state index contributed by atoms with van der Waals surface area (Å²) >= 11 is 1.72. The second kappa shape index (κ2) is 7.23. The van der Waals surface area contributed by atoms with Gasteiger partial charge >= 0.3 is 0 Å². The molecule has 0 spiro atoms. The third-order valence-electron chi connectivity index (χ3n) is 3.32. The number of thiazole rings is 1. The summed E-state index contributed by atoms with van der Waals surface area (Å²) in [6.45, 7) is 2.68. The van der Waals surface area contributed by atoms with Crippen LogP contribution < -0.4 is 4.74 Å². The van der Waals surface area contributed by atoms with Gasteiger partial charge in [0, 0.05) is 17.5 Å². The molecule has 22 heavy (non-hydrogen) atoms. The summed E-state index contributed by atoms with van der Waals surface area (Å²) in [4.78, 5) is 5.60. The Morgan fingerprint density at radius 3 is 2.45 bits per heavy atom. The summed E-state index contributed by atoms with van der Waals surface area (Å²) in [7, 11) is 0. The quantitative estimate of drug-likeness (QED) is 0.651. The number of hydrogen-bond acceptors (Lipinski definition) is 3. The topological polar surface area (TPSA) is 22.1 Å². The van der Waals surface area contributed by atoms with Crippen LogP contribution >= 0.6 is 11.3 Å². The van der Waals surface area contributed by atoms with Crippen molar-refractivity contribution >= 4 is 11.3 Å². The second-order valence-electron chi connectivity index (χ2n) is 5.14. The van der Waals surface area contributed by atoms with Gasteiger partial charge in [-0.1, -0.05) is 42.5 Å². The van der Waals surface area contributed by atoms with Gasteiger partial charge in [0.2, 0.25) is 0 Å². The zero-order valence-electron chi connectivity index (χ0n) is 12.5. The number of aryl methyl sites for hydroxylation is 1. The highest BCUT2D eigenvalue weighted by Gasteiger charge is 2.01. The fourth-order valence-corrected chi connectivity index (χ4v) is 2.84. The first-order valence-electron chi connectivity index (χ1n) is 7.31. The van der Waals surface area contributed by atoms with E-state index in [0.29, 0.717) is 6.61 Å². The maximum Gasteiger partial charge on any atom is 0.119 e. The Balaban J connectivity index is 1.51. The number of nitrogens with zero attached hydrogens (tertiary/aromatic N) is 1. The number of aromatic nitrogens is 1. The zero-order valence-corrected chi connectivity index (χ0v) is 13.3. The maximum absolute atomic E-state index is 5.79. The molecule has 111 valence electrons. The summed E-state index contributed by atoms with van der Waals surface area (Å²) < 4.78 is 5.79. The molecule has 3 heteroatoms. The molecule has 0 aliphatic carbocycles. The van der Waals surface area contributed by atoms with Crippen molar-refractivity contribution in [2.24, 2.45) is 0 Å². The molecule has 0 amide bonds. The molecule has 0 fully saturated rings. The maximum atomic E-state index is 5.79. The highest BCUT2D eigenvalue weighted by atomic mass is 32.1. The Morgan fingerprint density at radius 1 is 1.00 bits per heavy atom. The number of ether oxygens (including phenoxy) is 1. The molecule has 2 nitrogen and oxygen atoms in total. The van der Waals surface area contributed by atoms with Gasteiger partial charge in [-0.15, -0.1) is 11.3 Å². The van der Waals surface area contributed by atoms with Crippen molar-refractivity contribution in [1.82, 2.24) is 4.98 Å². The van der Waals surface area contributed by atoms with Crippen LogP contribution in [0.2, 0.25) is 0 Å². The molecule has 0 saturated heterocycles. The van der Waals surface area contributed by atoms with Gasteiger partial charge in [-0.25, -0.2) is 4.98 Å². The van der Waals surface area contributed by atoms with Crippen LogP contribution in [0.15, 0.2) is 60.8 Å². The Labute approximate surface area is 135 Å². The lowest BCUT2D eigenvalue weighted by atomic mass is 10.1. The van der Waals surface area contributed by atoms with Crippen LogP contribution in [-0.2, 0) is 13.0 Å². The minimum atomic E-state index is 0.602. The fourth-order valence-electron chi connectivity index (χ4n) is 2.13. The van der Waals surface area contributed by atoms with Gasteiger partial charge in [0.25, 0.3) is 0 Å². The highest BCUT2D eigenvalue weighted by molar-refractivity contribution is 7.11. The molecule has 0 aliphatic heterocycles. The van der Waals surface area contributed by atoms with Crippen molar-refractivity contribution in [3.05, 3.63) is 88.2 Å². The van der Waals surface area contributed by atoms with Gasteiger partial charge < -0.3 is 4.74 Å². The van der Waals surface area contributed by atoms with E-state index < -0.39 is 0 Å². The predicted octanol–water partition coefficient (Wildman–Crippen LogP) is 4.83. The van der Waals surface area contributed by atoms with Crippen LogP contribution in [0.4, 0.5) is 0 Å². The molecule has 0 aliphatic rings. The summed E-state index contributed by atoms with van der Waals surface area (Å²) in [6, 6.07) is 18.5. The monoisotopic (exact) mass is 308 g/mol. The first kappa shape index (κ1) is 14.8. The first-order chi connectivity index (χ1) is 10.8. The van der Waals surface area contributed by atoms with Gasteiger partial charge in [0.15, 0.2) is 0 Å². The lowest BCUT2D eigenvalue weighted by Gasteiger charge is -2.07. The molecule has 0 N–H and O–H groups in total. The van der Waals surface area contributed by atoms with Crippen LogP contribution in [0.25, 0.3) is 0 Å². The summed E-state index contributed by atoms with van der Waals surface area (Å²) in [5.41, 5.74) is 2.44. The molecule has 3 rings (SSSR count). The minimum Gasteiger partial charge on any atom is -0.489 e. The largest absolute Gasteiger partial charge is 0.489 e. The third-order valence-corrected chi connectivity index (χ3v) is 4.23. The lowest BCUT2D eigenvalue weighted by molar-refractivity contribution is 0.306. The third kappa shape index (κ3) is 4.18. The second-order valence-corrected chi connectivity index (χ2v) is 6.40. The summed E-state index contributed by atoms with van der Waals surface area (Å²) in [6.07, 6.45) is 4.97. The van der Waals surface area contributed by atoms with Gasteiger partial charge in [0.1, 0.15) is 12.4 Å². The Kier molecular flexibility index (Phi) is 4.86. The van der Waals surface area contributed by atoms with Crippen LogP contribution in [0.1, 0.15) is 21.0 Å². The summed E-state index contributed by atoms with van der Waals surface area (Å²) in [5, 5.41) is 1.09. The molecule has 0 bridgehead atoms. The van der Waals surface area contributed by atoms with E-state index >= 15 is 0 Å². The minimum absolute atomic E-state index is 0.602. The Morgan fingerprint density at radius 2 is 1.77 bits per heavy atom. The Bertz CT molecular complexity index is 704. The van der Waals surface area contributed by atoms with Crippen molar-refractivity contribution in [2.45, 2.75) is 20.0 Å². The van der Waals surface area contributed by atoms with Gasteiger partial charge in [-0.05, 0) is 36.6 Å². The van der Waals surface area contributed by atoms with Crippen LogP contribution in [-0.4, -0.2) is 4.98 Å².